The summed E-state index contributed by atoms with van der Waals surface area (Å²) < 4.78 is 0. The first-order chi connectivity index (χ1) is 7.25. The van der Waals surface area contributed by atoms with E-state index >= 15 is 0 Å². The maximum Gasteiger partial charge on any atom is 0.140 e. The highest BCUT2D eigenvalue weighted by Crippen LogP contribution is 2.33. The Balaban J connectivity index is 2.47. The second-order valence-corrected chi connectivity index (χ2v) is 4.56. The van der Waals surface area contributed by atoms with Gasteiger partial charge in [-0.05, 0) is 32.2 Å². The van der Waals surface area contributed by atoms with Crippen molar-refractivity contribution in [1.29, 1.82) is 0 Å². The largest absolute Gasteiger partial charge is 0.316 e. The summed E-state index contributed by atoms with van der Waals surface area (Å²) in [5.74, 6) is 0.469. The predicted molar refractivity (Wildman–Crippen MR) is 63.9 cm³/mol. The number of carbonyl (C=O) groups excluding carboxylic acids is 1. The van der Waals surface area contributed by atoms with Gasteiger partial charge in [-0.25, -0.2) is 0 Å². The Morgan fingerprint density at radius 3 is 2.93 bits per heavy atom. The maximum absolute atomic E-state index is 12.2. The third-order valence-corrected chi connectivity index (χ3v) is 3.38. The standard InChI is InChI=1S/C13H23NO/c1-3-5-6-7-12(15)13(8-4-2)9-10-14-11-13/h3,14H,1,4-11H2,2H3. The van der Waals surface area contributed by atoms with Crippen LogP contribution in [-0.4, -0.2) is 18.9 Å². The average Bonchev–Trinajstić information content (AvgIpc) is 2.68. The molecule has 15 heavy (non-hydrogen) atoms. The molecule has 86 valence electrons. The Morgan fingerprint density at radius 1 is 1.60 bits per heavy atom. The minimum atomic E-state index is -0.0318. The van der Waals surface area contributed by atoms with Gasteiger partial charge in [0.2, 0.25) is 0 Å². The van der Waals surface area contributed by atoms with Gasteiger partial charge in [-0.3, -0.25) is 4.79 Å². The number of allylic oxidation sites excluding steroid dienone is 1. The van der Waals surface area contributed by atoms with E-state index in [2.05, 4.69) is 18.8 Å². The minimum absolute atomic E-state index is 0.0318. The lowest BCUT2D eigenvalue weighted by Gasteiger charge is -2.26. The van der Waals surface area contributed by atoms with E-state index < -0.39 is 0 Å². The van der Waals surface area contributed by atoms with Gasteiger partial charge in [-0.15, -0.1) is 6.58 Å². The van der Waals surface area contributed by atoms with Gasteiger partial charge in [0.05, 0.1) is 0 Å². The number of rotatable bonds is 7. The van der Waals surface area contributed by atoms with Crippen molar-refractivity contribution in [1.82, 2.24) is 5.32 Å². The highest BCUT2D eigenvalue weighted by molar-refractivity contribution is 5.85. The van der Waals surface area contributed by atoms with Gasteiger partial charge >= 0.3 is 0 Å². The van der Waals surface area contributed by atoms with E-state index in [1.165, 1.54) is 0 Å². The molecule has 1 saturated heterocycles. The predicted octanol–water partition coefficient (Wildman–Crippen LogP) is 2.69. The third-order valence-electron chi connectivity index (χ3n) is 3.38. The monoisotopic (exact) mass is 209 g/mol. The molecule has 0 bridgehead atoms. The Labute approximate surface area is 93.1 Å². The number of hydrogen-bond acceptors (Lipinski definition) is 2. The summed E-state index contributed by atoms with van der Waals surface area (Å²) in [6.45, 7) is 7.75. The lowest BCUT2D eigenvalue weighted by molar-refractivity contribution is -0.128. The first-order valence-electron chi connectivity index (χ1n) is 6.10. The molecule has 1 aliphatic rings. The van der Waals surface area contributed by atoms with Gasteiger partial charge in [-0.2, -0.15) is 0 Å². The van der Waals surface area contributed by atoms with Crippen LogP contribution < -0.4 is 5.32 Å². The summed E-state index contributed by atoms with van der Waals surface area (Å²) in [5, 5.41) is 3.33. The normalized spacial score (nSPS) is 25.4. The molecular weight excluding hydrogens is 186 g/mol. The molecule has 1 aliphatic heterocycles. The van der Waals surface area contributed by atoms with E-state index in [0.29, 0.717) is 5.78 Å². The molecule has 1 rings (SSSR count). The highest BCUT2D eigenvalue weighted by atomic mass is 16.1. The number of ketones is 1. The Kier molecular flexibility index (Phi) is 5.03. The lowest BCUT2D eigenvalue weighted by Crippen LogP contribution is -2.33. The second-order valence-electron chi connectivity index (χ2n) is 4.56. The molecule has 0 spiro atoms. The van der Waals surface area contributed by atoms with Crippen LogP contribution in [0.25, 0.3) is 0 Å². The van der Waals surface area contributed by atoms with E-state index in [0.717, 1.165) is 51.6 Å². The van der Waals surface area contributed by atoms with Crippen LogP contribution in [0, 0.1) is 5.41 Å². The molecular formula is C13H23NO. The Hall–Kier alpha value is -0.630. The maximum atomic E-state index is 12.2. The lowest BCUT2D eigenvalue weighted by atomic mass is 9.77. The first-order valence-corrected chi connectivity index (χ1v) is 6.10. The molecule has 0 saturated carbocycles. The van der Waals surface area contributed by atoms with Crippen molar-refractivity contribution in [3.05, 3.63) is 12.7 Å². The van der Waals surface area contributed by atoms with E-state index in [1.807, 2.05) is 6.08 Å². The zero-order chi connectivity index (χ0) is 11.1. The average molecular weight is 209 g/mol. The van der Waals surface area contributed by atoms with Crippen molar-refractivity contribution in [2.75, 3.05) is 13.1 Å². The summed E-state index contributed by atoms with van der Waals surface area (Å²) in [6.07, 6.45) is 7.74. The van der Waals surface area contributed by atoms with Crippen molar-refractivity contribution >= 4 is 5.78 Å². The quantitative estimate of drug-likeness (QED) is 0.516. The van der Waals surface area contributed by atoms with Crippen molar-refractivity contribution in [3.63, 3.8) is 0 Å². The van der Waals surface area contributed by atoms with Crippen LogP contribution in [0.3, 0.4) is 0 Å². The summed E-state index contributed by atoms with van der Waals surface area (Å²) in [5.41, 5.74) is -0.0318. The van der Waals surface area contributed by atoms with Gasteiger partial charge in [0.1, 0.15) is 5.78 Å². The molecule has 2 nitrogen and oxygen atoms in total. The zero-order valence-corrected chi connectivity index (χ0v) is 9.85. The van der Waals surface area contributed by atoms with Crippen LogP contribution in [0.1, 0.15) is 45.4 Å². The van der Waals surface area contributed by atoms with E-state index in [1.54, 1.807) is 0 Å². The van der Waals surface area contributed by atoms with Crippen LogP contribution in [0.2, 0.25) is 0 Å². The van der Waals surface area contributed by atoms with Gasteiger partial charge < -0.3 is 5.32 Å². The molecule has 0 aromatic heterocycles. The van der Waals surface area contributed by atoms with E-state index in [4.69, 9.17) is 0 Å². The molecule has 1 heterocycles. The number of carbonyl (C=O) groups is 1. The Bertz CT molecular complexity index is 217. The summed E-state index contributed by atoms with van der Waals surface area (Å²) in [6, 6.07) is 0. The smallest absolute Gasteiger partial charge is 0.140 e. The molecule has 0 radical (unpaired) electrons. The van der Waals surface area contributed by atoms with Gasteiger partial charge in [0.15, 0.2) is 0 Å². The molecule has 0 aromatic carbocycles. The van der Waals surface area contributed by atoms with Gasteiger partial charge in [-0.1, -0.05) is 19.4 Å². The summed E-state index contributed by atoms with van der Waals surface area (Å²) in [7, 11) is 0. The molecule has 1 atom stereocenters. The fourth-order valence-corrected chi connectivity index (χ4v) is 2.49. The SMILES string of the molecule is C=CCCCC(=O)C1(CCC)CCNC1. The molecule has 0 aromatic rings. The van der Waals surface area contributed by atoms with Crippen molar-refractivity contribution in [2.24, 2.45) is 5.41 Å². The van der Waals surface area contributed by atoms with Gasteiger partial charge in [0, 0.05) is 18.4 Å². The molecule has 1 unspecified atom stereocenters. The zero-order valence-electron chi connectivity index (χ0n) is 9.85. The van der Waals surface area contributed by atoms with Crippen molar-refractivity contribution < 1.29 is 4.79 Å². The topological polar surface area (TPSA) is 29.1 Å². The van der Waals surface area contributed by atoms with Crippen LogP contribution in [0.15, 0.2) is 12.7 Å². The fraction of sp³-hybridized carbons (Fsp3) is 0.769. The Morgan fingerprint density at radius 2 is 2.40 bits per heavy atom. The van der Waals surface area contributed by atoms with Gasteiger partial charge in [0.25, 0.3) is 0 Å². The molecule has 2 heteroatoms. The van der Waals surface area contributed by atoms with Crippen molar-refractivity contribution in [3.8, 4) is 0 Å². The number of unbranched alkanes of at least 4 members (excludes halogenated alkanes) is 1. The van der Waals surface area contributed by atoms with Crippen LogP contribution in [0.5, 0.6) is 0 Å². The number of hydrogen-bond donors (Lipinski definition) is 1. The van der Waals surface area contributed by atoms with Crippen LogP contribution in [-0.2, 0) is 4.79 Å². The first kappa shape index (κ1) is 12.4. The number of nitrogens with one attached hydrogen (secondary N) is 1. The third kappa shape index (κ3) is 3.16. The van der Waals surface area contributed by atoms with Crippen molar-refractivity contribution in [2.45, 2.75) is 45.4 Å². The summed E-state index contributed by atoms with van der Waals surface area (Å²) >= 11 is 0. The molecule has 0 amide bonds. The molecule has 1 fully saturated rings. The fourth-order valence-electron chi connectivity index (χ4n) is 2.49. The molecule has 1 N–H and O–H groups in total. The highest BCUT2D eigenvalue weighted by Gasteiger charge is 2.38. The minimum Gasteiger partial charge on any atom is -0.316 e. The van der Waals surface area contributed by atoms with E-state index in [9.17, 15) is 4.79 Å². The van der Waals surface area contributed by atoms with E-state index in [-0.39, 0.29) is 5.41 Å². The van der Waals surface area contributed by atoms with Crippen LogP contribution in [0.4, 0.5) is 0 Å². The number of Topliss-reactive ketones (excluding diaryl/α,β-unsaturated/α-hetero) is 1. The second kappa shape index (κ2) is 6.06. The molecule has 0 aliphatic carbocycles. The summed E-state index contributed by atoms with van der Waals surface area (Å²) in [4.78, 5) is 12.2. The van der Waals surface area contributed by atoms with Crippen LogP contribution >= 0.6 is 0 Å².